The third kappa shape index (κ3) is 5.02. The zero-order valence-corrected chi connectivity index (χ0v) is 20.1. The molecule has 0 spiro atoms. The first-order valence-corrected chi connectivity index (χ1v) is 12.7. The van der Waals surface area contributed by atoms with Crippen molar-refractivity contribution in [1.29, 1.82) is 0 Å². The number of benzene rings is 4. The van der Waals surface area contributed by atoms with Gasteiger partial charge in [-0.2, -0.15) is 0 Å². The number of carboxylic acids is 1. The second-order valence-corrected chi connectivity index (χ2v) is 9.43. The molecule has 0 heterocycles. The van der Waals surface area contributed by atoms with E-state index in [9.17, 15) is 14.7 Å². The summed E-state index contributed by atoms with van der Waals surface area (Å²) < 4.78 is 11.7. The fourth-order valence-electron chi connectivity index (χ4n) is 4.27. The largest absolute Gasteiger partial charge is 0.478 e. The van der Waals surface area contributed by atoms with Gasteiger partial charge in [-0.15, -0.1) is 0 Å². The third-order valence-corrected chi connectivity index (χ3v) is 7.53. The number of Topliss-reactive ketones (excluding diaryl/α,β-unsaturated/α-hetero) is 1. The van der Waals surface area contributed by atoms with Crippen molar-refractivity contribution in [2.75, 3.05) is 19.4 Å². The lowest BCUT2D eigenvalue weighted by Gasteiger charge is -2.24. The van der Waals surface area contributed by atoms with Gasteiger partial charge in [0.1, 0.15) is 0 Å². The predicted molar refractivity (Wildman–Crippen MR) is 137 cm³/mol. The lowest BCUT2D eigenvalue weighted by molar-refractivity contribution is 0.0691. The van der Waals surface area contributed by atoms with E-state index < -0.39 is 20.3 Å². The van der Waals surface area contributed by atoms with Crippen LogP contribution in [0.2, 0.25) is 0 Å². The van der Waals surface area contributed by atoms with Crippen LogP contribution in [0.5, 0.6) is 0 Å². The first kappa shape index (κ1) is 24.0. The van der Waals surface area contributed by atoms with Gasteiger partial charge < -0.3 is 14.2 Å². The molecule has 0 fully saturated rings. The number of ketones is 1. The Labute approximate surface area is 200 Å². The lowest BCUT2D eigenvalue weighted by atomic mass is 9.86. The Balaban J connectivity index is 1.89. The van der Waals surface area contributed by atoms with Crippen molar-refractivity contribution in [3.8, 4) is 0 Å². The molecule has 1 N–H and O–H groups in total. The smallest absolute Gasteiger partial charge is 0.336 e. The minimum absolute atomic E-state index is 0.00563. The van der Waals surface area contributed by atoms with Crippen LogP contribution < -0.4 is 0 Å². The zero-order chi connectivity index (χ0) is 24.1. The summed E-state index contributed by atoms with van der Waals surface area (Å²) in [5.74, 6) is -1.98. The van der Waals surface area contributed by atoms with E-state index in [1.54, 1.807) is 12.1 Å². The van der Waals surface area contributed by atoms with Crippen molar-refractivity contribution >= 4 is 41.7 Å². The van der Waals surface area contributed by atoms with Gasteiger partial charge in [0, 0.05) is 11.7 Å². The van der Waals surface area contributed by atoms with E-state index in [-0.39, 0.29) is 16.9 Å². The van der Waals surface area contributed by atoms with Crippen LogP contribution in [0, 0.1) is 0 Å². The number of fused-ring (bicyclic) bond motifs is 2. The SMILES string of the molecule is CCOP(CC(C(=O)c1cc2ccccc2cc1C(=O)O)c1cccc2ccccc12)OCC. The molecular weight excluding hydrogens is 447 g/mol. The zero-order valence-electron chi connectivity index (χ0n) is 19.2. The van der Waals surface area contributed by atoms with E-state index in [2.05, 4.69) is 0 Å². The molecule has 0 saturated heterocycles. The summed E-state index contributed by atoms with van der Waals surface area (Å²) in [4.78, 5) is 26.3. The second kappa shape index (κ2) is 10.9. The van der Waals surface area contributed by atoms with Gasteiger partial charge in [0.05, 0.1) is 24.7 Å². The number of carbonyl (C=O) groups excluding carboxylic acids is 1. The second-order valence-electron chi connectivity index (χ2n) is 7.89. The van der Waals surface area contributed by atoms with E-state index in [0.717, 1.165) is 27.1 Å². The minimum atomic E-state index is -1.33. The molecule has 5 nitrogen and oxygen atoms in total. The number of rotatable bonds is 10. The topological polar surface area (TPSA) is 72.8 Å². The van der Waals surface area contributed by atoms with Crippen molar-refractivity contribution in [3.05, 3.63) is 95.6 Å². The Morgan fingerprint density at radius 3 is 1.97 bits per heavy atom. The molecule has 0 bridgehead atoms. The van der Waals surface area contributed by atoms with E-state index in [4.69, 9.17) is 9.05 Å². The van der Waals surface area contributed by atoms with E-state index in [1.165, 1.54) is 0 Å². The Bertz CT molecular complexity index is 1320. The summed E-state index contributed by atoms with van der Waals surface area (Å²) in [6.45, 7) is 4.74. The summed E-state index contributed by atoms with van der Waals surface area (Å²) in [6, 6.07) is 24.5. The average molecular weight is 474 g/mol. The molecule has 0 amide bonds. The number of aromatic carboxylic acids is 1. The third-order valence-electron chi connectivity index (χ3n) is 5.77. The highest BCUT2D eigenvalue weighted by Gasteiger charge is 2.31. The molecule has 6 heteroatoms. The molecule has 34 heavy (non-hydrogen) atoms. The molecule has 4 aromatic rings. The predicted octanol–water partition coefficient (Wildman–Crippen LogP) is 7.04. The van der Waals surface area contributed by atoms with Gasteiger partial charge in [-0.3, -0.25) is 4.79 Å². The van der Waals surface area contributed by atoms with Gasteiger partial charge in [0.15, 0.2) is 14.2 Å². The fourth-order valence-corrected chi connectivity index (χ4v) is 5.79. The Morgan fingerprint density at radius 1 is 0.794 bits per heavy atom. The highest BCUT2D eigenvalue weighted by Crippen LogP contribution is 2.45. The van der Waals surface area contributed by atoms with Crippen LogP contribution in [-0.4, -0.2) is 36.2 Å². The molecule has 0 saturated carbocycles. The molecule has 1 unspecified atom stereocenters. The van der Waals surface area contributed by atoms with Gasteiger partial charge in [-0.1, -0.05) is 66.7 Å². The quantitative estimate of drug-likeness (QED) is 0.197. The number of hydrogen-bond acceptors (Lipinski definition) is 4. The molecule has 0 aromatic heterocycles. The summed E-state index contributed by atoms with van der Waals surface area (Å²) in [5.41, 5.74) is 1.05. The van der Waals surface area contributed by atoms with Crippen molar-refractivity contribution in [2.45, 2.75) is 19.8 Å². The summed E-state index contributed by atoms with van der Waals surface area (Å²) >= 11 is 0. The van der Waals surface area contributed by atoms with Gasteiger partial charge in [0.2, 0.25) is 0 Å². The van der Waals surface area contributed by atoms with E-state index in [0.29, 0.717) is 19.4 Å². The Kier molecular flexibility index (Phi) is 7.69. The summed E-state index contributed by atoms with van der Waals surface area (Å²) in [7, 11) is -1.33. The maximum Gasteiger partial charge on any atom is 0.336 e. The van der Waals surface area contributed by atoms with Crippen molar-refractivity contribution in [3.63, 3.8) is 0 Å². The molecule has 174 valence electrons. The van der Waals surface area contributed by atoms with Gasteiger partial charge >= 0.3 is 5.97 Å². The van der Waals surface area contributed by atoms with Gasteiger partial charge in [-0.25, -0.2) is 4.79 Å². The average Bonchev–Trinajstić information content (AvgIpc) is 2.86. The van der Waals surface area contributed by atoms with E-state index in [1.807, 2.05) is 80.6 Å². The van der Waals surface area contributed by atoms with Crippen molar-refractivity contribution in [1.82, 2.24) is 0 Å². The van der Waals surface area contributed by atoms with E-state index >= 15 is 0 Å². The molecule has 0 aliphatic rings. The Morgan fingerprint density at radius 2 is 1.35 bits per heavy atom. The molecule has 0 aliphatic carbocycles. The molecule has 4 rings (SSSR count). The van der Waals surface area contributed by atoms with Crippen molar-refractivity contribution < 1.29 is 23.7 Å². The lowest BCUT2D eigenvalue weighted by Crippen LogP contribution is -2.20. The Hall–Kier alpha value is -3.11. The molecule has 1 atom stereocenters. The molecule has 0 aliphatic heterocycles. The van der Waals surface area contributed by atoms with Gasteiger partial charge in [-0.05, 0) is 53.1 Å². The normalized spacial score (nSPS) is 12.3. The number of hydrogen-bond donors (Lipinski definition) is 1. The monoisotopic (exact) mass is 474 g/mol. The molecular formula is C28H27O5P. The first-order valence-electron chi connectivity index (χ1n) is 11.3. The summed E-state index contributed by atoms with van der Waals surface area (Å²) in [6.07, 6.45) is 0.343. The van der Waals surface area contributed by atoms with Crippen LogP contribution in [0.3, 0.4) is 0 Å². The summed E-state index contributed by atoms with van der Waals surface area (Å²) in [5, 5.41) is 13.5. The molecule has 0 radical (unpaired) electrons. The van der Waals surface area contributed by atoms with Crippen LogP contribution in [0.25, 0.3) is 21.5 Å². The van der Waals surface area contributed by atoms with Crippen LogP contribution in [0.15, 0.2) is 78.9 Å². The maximum atomic E-state index is 14.1. The standard InChI is InChI=1S/C28H27O5P/c1-3-32-34(33-4-2)18-26(23-15-9-13-19-10-7-8-14-22(19)23)27(29)24-16-20-11-5-6-12-21(20)17-25(24)28(30)31/h5-17,26H,3-4,18H2,1-2H3,(H,30,31). The number of carboxylic acid groups (broad SMARTS) is 1. The highest BCUT2D eigenvalue weighted by atomic mass is 31.2. The first-order chi connectivity index (χ1) is 16.5. The fraction of sp³-hybridized carbons (Fsp3) is 0.214. The van der Waals surface area contributed by atoms with Crippen LogP contribution in [0.4, 0.5) is 0 Å². The highest BCUT2D eigenvalue weighted by molar-refractivity contribution is 7.47. The van der Waals surface area contributed by atoms with Crippen molar-refractivity contribution in [2.24, 2.45) is 0 Å². The van der Waals surface area contributed by atoms with Crippen LogP contribution >= 0.6 is 8.38 Å². The van der Waals surface area contributed by atoms with Crippen LogP contribution in [-0.2, 0) is 9.05 Å². The molecule has 4 aromatic carbocycles. The van der Waals surface area contributed by atoms with Crippen LogP contribution in [0.1, 0.15) is 46.0 Å². The van der Waals surface area contributed by atoms with Gasteiger partial charge in [0.25, 0.3) is 0 Å². The maximum absolute atomic E-state index is 14.1. The number of carbonyl (C=O) groups is 2. The minimum Gasteiger partial charge on any atom is -0.478 e.